The van der Waals surface area contributed by atoms with Crippen LogP contribution in [0.1, 0.15) is 36.4 Å². The molecular formula is C25H21F4N3O8. The first kappa shape index (κ1) is 29.6. The van der Waals surface area contributed by atoms with E-state index in [-0.39, 0.29) is 23.9 Å². The van der Waals surface area contributed by atoms with Gasteiger partial charge in [-0.3, -0.25) is 24.0 Å². The van der Waals surface area contributed by atoms with Crippen LogP contribution in [-0.2, 0) is 14.4 Å². The summed E-state index contributed by atoms with van der Waals surface area (Å²) in [5, 5.41) is 13.7. The van der Waals surface area contributed by atoms with Gasteiger partial charge >= 0.3 is 5.97 Å². The van der Waals surface area contributed by atoms with E-state index in [1.807, 2.05) is 0 Å². The zero-order valence-corrected chi connectivity index (χ0v) is 20.6. The van der Waals surface area contributed by atoms with Gasteiger partial charge in [0, 0.05) is 12.3 Å². The number of carboxylic acid groups (broad SMARTS) is 1. The zero-order valence-electron chi connectivity index (χ0n) is 20.6. The predicted octanol–water partition coefficient (Wildman–Crippen LogP) is 2.81. The second-order valence-corrected chi connectivity index (χ2v) is 8.20. The maximum absolute atomic E-state index is 13.8. The molecule has 0 saturated heterocycles. The van der Waals surface area contributed by atoms with Crippen molar-refractivity contribution in [2.75, 3.05) is 11.9 Å². The van der Waals surface area contributed by atoms with Gasteiger partial charge in [0.15, 0.2) is 28.9 Å². The number of nitrogens with zero attached hydrogens (tertiary/aromatic N) is 1. The molecule has 2 amide bonds. The molecule has 3 aromatic rings. The van der Waals surface area contributed by atoms with Crippen molar-refractivity contribution < 1.29 is 51.0 Å². The van der Waals surface area contributed by atoms with E-state index in [1.54, 1.807) is 0 Å². The Hall–Kier alpha value is -4.95. The minimum atomic E-state index is -1.92. The Morgan fingerprint density at radius 2 is 1.75 bits per heavy atom. The fourth-order valence-electron chi connectivity index (χ4n) is 3.56. The lowest BCUT2D eigenvalue weighted by molar-refractivity contribution is -0.140. The number of aliphatic carboxylic acids is 1. The summed E-state index contributed by atoms with van der Waals surface area (Å²) in [5.74, 6) is -13.6. The number of aromatic nitrogens is 1. The molecule has 0 bridgehead atoms. The normalized spacial score (nSPS) is 12.3. The van der Waals surface area contributed by atoms with Gasteiger partial charge in [-0.15, -0.1) is 0 Å². The summed E-state index contributed by atoms with van der Waals surface area (Å²) in [5.41, 5.74) is -1.03. The first-order chi connectivity index (χ1) is 18.9. The first-order valence-electron chi connectivity index (χ1n) is 11.5. The number of furan rings is 1. The van der Waals surface area contributed by atoms with Crippen molar-refractivity contribution in [2.24, 2.45) is 0 Å². The Labute approximate surface area is 222 Å². The van der Waals surface area contributed by atoms with Crippen LogP contribution in [0.3, 0.4) is 0 Å². The van der Waals surface area contributed by atoms with Crippen LogP contribution >= 0.6 is 0 Å². The molecule has 3 N–H and O–H groups in total. The molecule has 11 nitrogen and oxygen atoms in total. The van der Waals surface area contributed by atoms with E-state index in [9.17, 15) is 46.6 Å². The van der Waals surface area contributed by atoms with Crippen molar-refractivity contribution in [1.82, 2.24) is 9.88 Å². The number of benzene rings is 1. The van der Waals surface area contributed by atoms with Crippen LogP contribution < -0.4 is 20.9 Å². The van der Waals surface area contributed by atoms with Crippen LogP contribution in [0.4, 0.5) is 23.2 Å². The standard InChI is InChI=1S/C25H21F4N3O8/c1-2-16(32-7-3-5-14(25(32)38)30-24(37)18-6-4-8-39-18)23(36)31-15(10-19(34)35)17(33)11-40-22-20(28)12(26)9-13(27)21(22)29/h3-9,15-16H,2,10-11H2,1H3,(H,30,37)(H,31,36)(H,34,35). The van der Waals surface area contributed by atoms with Crippen molar-refractivity contribution >= 4 is 29.3 Å². The number of amides is 2. The molecule has 0 radical (unpaired) electrons. The van der Waals surface area contributed by atoms with E-state index in [2.05, 4.69) is 15.4 Å². The number of pyridine rings is 1. The average Bonchev–Trinajstić information content (AvgIpc) is 3.44. The number of halogens is 4. The Morgan fingerprint density at radius 1 is 1.07 bits per heavy atom. The molecule has 3 rings (SSSR count). The predicted molar refractivity (Wildman–Crippen MR) is 128 cm³/mol. The van der Waals surface area contributed by atoms with E-state index >= 15 is 0 Å². The number of ether oxygens (including phenoxy) is 1. The molecule has 2 heterocycles. The van der Waals surface area contributed by atoms with Gasteiger partial charge in [0.1, 0.15) is 24.4 Å². The molecule has 2 unspecified atom stereocenters. The summed E-state index contributed by atoms with van der Waals surface area (Å²) in [6.45, 7) is 0.242. The molecule has 40 heavy (non-hydrogen) atoms. The molecule has 0 spiro atoms. The molecule has 1 aromatic carbocycles. The van der Waals surface area contributed by atoms with Crippen LogP contribution in [0.25, 0.3) is 0 Å². The van der Waals surface area contributed by atoms with Crippen LogP contribution in [-0.4, -0.2) is 45.9 Å². The first-order valence-corrected chi connectivity index (χ1v) is 11.5. The minimum absolute atomic E-state index is 0.0369. The van der Waals surface area contributed by atoms with Crippen LogP contribution in [0.2, 0.25) is 0 Å². The maximum atomic E-state index is 13.8. The number of ketones is 1. The monoisotopic (exact) mass is 567 g/mol. The van der Waals surface area contributed by atoms with E-state index in [0.29, 0.717) is 0 Å². The second-order valence-electron chi connectivity index (χ2n) is 8.20. The lowest BCUT2D eigenvalue weighted by Gasteiger charge is -2.22. The summed E-state index contributed by atoms with van der Waals surface area (Å²) in [6.07, 6.45) is 1.44. The Balaban J connectivity index is 1.79. The van der Waals surface area contributed by atoms with E-state index in [1.165, 1.54) is 43.6 Å². The number of rotatable bonds is 12. The van der Waals surface area contributed by atoms with Gasteiger partial charge in [0.2, 0.25) is 17.5 Å². The van der Waals surface area contributed by atoms with Crippen molar-refractivity contribution in [3.8, 4) is 5.75 Å². The fraction of sp³-hybridized carbons (Fsp3) is 0.240. The average molecular weight is 567 g/mol. The molecule has 0 aliphatic heterocycles. The molecule has 15 heteroatoms. The molecular weight excluding hydrogens is 546 g/mol. The highest BCUT2D eigenvalue weighted by molar-refractivity contribution is 6.02. The topological polar surface area (TPSA) is 157 Å². The summed E-state index contributed by atoms with van der Waals surface area (Å²) >= 11 is 0. The lowest BCUT2D eigenvalue weighted by atomic mass is 10.1. The van der Waals surface area contributed by atoms with E-state index in [4.69, 9.17) is 4.42 Å². The van der Waals surface area contributed by atoms with Crippen molar-refractivity contribution in [2.45, 2.75) is 31.8 Å². The number of nitrogens with one attached hydrogen (secondary N) is 2. The van der Waals surface area contributed by atoms with Crippen molar-refractivity contribution in [3.05, 3.63) is 82.2 Å². The Bertz CT molecular complexity index is 1460. The van der Waals surface area contributed by atoms with Gasteiger partial charge in [-0.2, -0.15) is 8.78 Å². The second kappa shape index (κ2) is 12.7. The highest BCUT2D eigenvalue weighted by Crippen LogP contribution is 2.26. The maximum Gasteiger partial charge on any atom is 0.305 e. The van der Waals surface area contributed by atoms with Gasteiger partial charge in [0.25, 0.3) is 11.5 Å². The lowest BCUT2D eigenvalue weighted by Crippen LogP contribution is -2.48. The van der Waals surface area contributed by atoms with Crippen molar-refractivity contribution in [1.29, 1.82) is 0 Å². The number of carbonyl (C=O) groups excluding carboxylic acids is 3. The molecule has 0 fully saturated rings. The third-order valence-electron chi connectivity index (χ3n) is 5.51. The molecule has 2 aromatic heterocycles. The van der Waals surface area contributed by atoms with Gasteiger partial charge in [-0.25, -0.2) is 8.78 Å². The summed E-state index contributed by atoms with van der Waals surface area (Å²) in [4.78, 5) is 62.2. The third kappa shape index (κ3) is 6.73. The van der Waals surface area contributed by atoms with Crippen LogP contribution in [0.15, 0.2) is 52.0 Å². The fourth-order valence-corrected chi connectivity index (χ4v) is 3.56. The van der Waals surface area contributed by atoms with Crippen molar-refractivity contribution in [3.63, 3.8) is 0 Å². The molecule has 0 aliphatic rings. The molecule has 212 valence electrons. The van der Waals surface area contributed by atoms with Gasteiger partial charge in [0.05, 0.1) is 12.7 Å². The Kier molecular flexibility index (Phi) is 9.42. The molecule has 0 saturated carbocycles. The zero-order chi connectivity index (χ0) is 29.6. The van der Waals surface area contributed by atoms with E-state index in [0.717, 1.165) is 4.57 Å². The largest absolute Gasteiger partial charge is 0.481 e. The minimum Gasteiger partial charge on any atom is -0.481 e. The van der Waals surface area contributed by atoms with Crippen LogP contribution in [0, 0.1) is 23.3 Å². The number of Topliss-reactive ketones (excluding diaryl/α,β-unsaturated/α-hetero) is 1. The summed E-state index contributed by atoms with van der Waals surface area (Å²) < 4.78 is 65.0. The SMILES string of the molecule is CCC(C(=O)NC(CC(=O)O)C(=O)COc1c(F)c(F)cc(F)c1F)n1cccc(NC(=O)c2ccco2)c1=O. The van der Waals surface area contributed by atoms with Gasteiger partial charge in [-0.1, -0.05) is 6.92 Å². The van der Waals surface area contributed by atoms with E-state index < -0.39 is 83.3 Å². The van der Waals surface area contributed by atoms with Gasteiger partial charge in [-0.05, 0) is 30.7 Å². The smallest absolute Gasteiger partial charge is 0.305 e. The number of hydrogen-bond donors (Lipinski definition) is 3. The highest BCUT2D eigenvalue weighted by Gasteiger charge is 2.30. The highest BCUT2D eigenvalue weighted by atomic mass is 19.2. The number of carboxylic acids is 1. The summed E-state index contributed by atoms with van der Waals surface area (Å²) in [7, 11) is 0. The van der Waals surface area contributed by atoms with Crippen LogP contribution in [0.5, 0.6) is 5.75 Å². The molecule has 2 atom stereocenters. The molecule has 0 aliphatic carbocycles. The van der Waals surface area contributed by atoms with Gasteiger partial charge < -0.3 is 29.5 Å². The summed E-state index contributed by atoms with van der Waals surface area (Å²) in [6, 6.07) is 2.24. The number of anilines is 1. The quantitative estimate of drug-likeness (QED) is 0.223. The Morgan fingerprint density at radius 3 is 2.33 bits per heavy atom. The number of hydrogen-bond acceptors (Lipinski definition) is 7. The third-order valence-corrected chi connectivity index (χ3v) is 5.51. The number of carbonyl (C=O) groups is 4.